The van der Waals surface area contributed by atoms with Crippen LogP contribution in [0.1, 0.15) is 23.7 Å². The first-order valence-corrected chi connectivity index (χ1v) is 7.03. The van der Waals surface area contributed by atoms with Crippen LogP contribution in [0.25, 0.3) is 0 Å². The van der Waals surface area contributed by atoms with Gasteiger partial charge in [0.05, 0.1) is 28.9 Å². The van der Waals surface area contributed by atoms with Gasteiger partial charge in [0.15, 0.2) is 0 Å². The van der Waals surface area contributed by atoms with Gasteiger partial charge in [0.2, 0.25) is 0 Å². The quantitative estimate of drug-likeness (QED) is 0.798. The first kappa shape index (κ1) is 15.6. The average Bonchev–Trinajstić information content (AvgIpc) is 2.81. The van der Waals surface area contributed by atoms with Gasteiger partial charge in [-0.25, -0.2) is 9.59 Å². The molecule has 7 heteroatoms. The Labute approximate surface area is 127 Å². The van der Waals surface area contributed by atoms with Gasteiger partial charge in [-0.2, -0.15) is 0 Å². The second kappa shape index (κ2) is 6.32. The number of aliphatic hydroxyl groups is 1. The van der Waals surface area contributed by atoms with Crippen molar-refractivity contribution in [3.8, 4) is 0 Å². The Balaban J connectivity index is 2.11. The molecular formula is C14H17ClN2O4. The van der Waals surface area contributed by atoms with Gasteiger partial charge < -0.3 is 20.4 Å². The standard InChI is InChI=1S/C14H17ClN2O4/c1-8-4-5-17(12(8)7-18)14(21)16-11-3-2-9(13(19)20)6-10(11)15/h2-3,6,8,12,18H,4-5,7H2,1H3,(H,16,21)(H,19,20). The van der Waals surface area contributed by atoms with Crippen LogP contribution in [-0.4, -0.2) is 46.3 Å². The number of aromatic carboxylic acids is 1. The number of hydrogen-bond donors (Lipinski definition) is 3. The topological polar surface area (TPSA) is 89.9 Å². The Bertz CT molecular complexity index is 564. The van der Waals surface area contributed by atoms with Crippen LogP contribution in [0.4, 0.5) is 10.5 Å². The number of carbonyl (C=O) groups excluding carboxylic acids is 1. The normalized spacial score (nSPS) is 21.4. The zero-order valence-corrected chi connectivity index (χ0v) is 12.3. The van der Waals surface area contributed by atoms with Crippen LogP contribution in [0.2, 0.25) is 5.02 Å². The summed E-state index contributed by atoms with van der Waals surface area (Å²) in [4.78, 5) is 24.6. The summed E-state index contributed by atoms with van der Waals surface area (Å²) in [5, 5.41) is 21.0. The van der Waals surface area contributed by atoms with Crippen molar-refractivity contribution >= 4 is 29.3 Å². The van der Waals surface area contributed by atoms with E-state index in [9.17, 15) is 14.7 Å². The lowest BCUT2D eigenvalue weighted by Crippen LogP contribution is -2.42. The summed E-state index contributed by atoms with van der Waals surface area (Å²) in [7, 11) is 0. The number of nitrogens with zero attached hydrogens (tertiary/aromatic N) is 1. The summed E-state index contributed by atoms with van der Waals surface area (Å²) in [6, 6.07) is 3.57. The van der Waals surface area contributed by atoms with Crippen molar-refractivity contribution in [1.29, 1.82) is 0 Å². The van der Waals surface area contributed by atoms with Gasteiger partial charge in [-0.05, 0) is 30.5 Å². The van der Waals surface area contributed by atoms with Gasteiger partial charge >= 0.3 is 12.0 Å². The molecule has 1 fully saturated rings. The smallest absolute Gasteiger partial charge is 0.335 e. The van der Waals surface area contributed by atoms with Crippen LogP contribution in [0.5, 0.6) is 0 Å². The van der Waals surface area contributed by atoms with Crippen molar-refractivity contribution in [2.24, 2.45) is 5.92 Å². The first-order chi connectivity index (χ1) is 9.93. The second-order valence-electron chi connectivity index (χ2n) is 5.14. The Hall–Kier alpha value is -1.79. The van der Waals surface area contributed by atoms with Gasteiger partial charge in [-0.1, -0.05) is 18.5 Å². The fourth-order valence-corrected chi connectivity index (χ4v) is 2.70. The number of benzene rings is 1. The molecule has 0 aromatic heterocycles. The zero-order chi connectivity index (χ0) is 15.6. The molecule has 0 saturated carbocycles. The number of nitrogens with one attached hydrogen (secondary N) is 1. The van der Waals surface area contributed by atoms with E-state index in [-0.39, 0.29) is 35.2 Å². The first-order valence-electron chi connectivity index (χ1n) is 6.65. The number of amides is 2. The largest absolute Gasteiger partial charge is 0.478 e. The molecule has 0 radical (unpaired) electrons. The molecule has 2 amide bonds. The fourth-order valence-electron chi connectivity index (χ4n) is 2.48. The van der Waals surface area contributed by atoms with Crippen LogP contribution < -0.4 is 5.32 Å². The molecule has 1 aliphatic heterocycles. The molecule has 2 rings (SSSR count). The monoisotopic (exact) mass is 312 g/mol. The summed E-state index contributed by atoms with van der Waals surface area (Å²) in [5.41, 5.74) is 0.406. The molecule has 1 aromatic carbocycles. The number of halogens is 1. The van der Waals surface area contributed by atoms with Crippen molar-refractivity contribution in [2.75, 3.05) is 18.5 Å². The van der Waals surface area contributed by atoms with Gasteiger partial charge in [-0.3, -0.25) is 0 Å². The molecule has 21 heavy (non-hydrogen) atoms. The van der Waals surface area contributed by atoms with Crippen molar-refractivity contribution < 1.29 is 19.8 Å². The third kappa shape index (κ3) is 3.28. The molecule has 0 spiro atoms. The van der Waals surface area contributed by atoms with Gasteiger partial charge in [0.25, 0.3) is 0 Å². The molecule has 3 N–H and O–H groups in total. The van der Waals surface area contributed by atoms with Crippen molar-refractivity contribution in [2.45, 2.75) is 19.4 Å². The Morgan fingerprint density at radius 1 is 1.48 bits per heavy atom. The highest BCUT2D eigenvalue weighted by Gasteiger charge is 2.34. The number of hydrogen-bond acceptors (Lipinski definition) is 3. The minimum Gasteiger partial charge on any atom is -0.478 e. The average molecular weight is 313 g/mol. The van der Waals surface area contributed by atoms with E-state index < -0.39 is 5.97 Å². The van der Waals surface area contributed by atoms with Crippen LogP contribution >= 0.6 is 11.6 Å². The molecule has 1 saturated heterocycles. The number of urea groups is 1. The highest BCUT2D eigenvalue weighted by atomic mass is 35.5. The maximum Gasteiger partial charge on any atom is 0.335 e. The van der Waals surface area contributed by atoms with Gasteiger partial charge in [-0.15, -0.1) is 0 Å². The van der Waals surface area contributed by atoms with Crippen LogP contribution in [0.3, 0.4) is 0 Å². The summed E-state index contributed by atoms with van der Waals surface area (Å²) < 4.78 is 0. The van der Waals surface area contributed by atoms with Crippen molar-refractivity contribution in [3.63, 3.8) is 0 Å². The maximum atomic E-state index is 12.2. The molecule has 1 heterocycles. The zero-order valence-electron chi connectivity index (χ0n) is 11.5. The van der Waals surface area contributed by atoms with E-state index in [2.05, 4.69) is 5.32 Å². The van der Waals surface area contributed by atoms with Crippen LogP contribution in [-0.2, 0) is 0 Å². The molecule has 0 bridgehead atoms. The Morgan fingerprint density at radius 3 is 2.76 bits per heavy atom. The highest BCUT2D eigenvalue weighted by molar-refractivity contribution is 6.34. The lowest BCUT2D eigenvalue weighted by molar-refractivity contribution is 0.0697. The number of rotatable bonds is 3. The number of carboxylic acids is 1. The fraction of sp³-hybridized carbons (Fsp3) is 0.429. The second-order valence-corrected chi connectivity index (χ2v) is 5.55. The maximum absolute atomic E-state index is 12.2. The van der Waals surface area contributed by atoms with Gasteiger partial charge in [0.1, 0.15) is 0 Å². The SMILES string of the molecule is CC1CCN(C(=O)Nc2ccc(C(=O)O)cc2Cl)C1CO. The predicted molar refractivity (Wildman–Crippen MR) is 78.8 cm³/mol. The molecule has 0 aliphatic carbocycles. The van der Waals surface area contributed by atoms with E-state index in [0.717, 1.165) is 6.42 Å². The predicted octanol–water partition coefficient (Wildman–Crippen LogP) is 2.27. The van der Waals surface area contributed by atoms with Crippen molar-refractivity contribution in [3.05, 3.63) is 28.8 Å². The molecular weight excluding hydrogens is 296 g/mol. The lowest BCUT2D eigenvalue weighted by Gasteiger charge is -2.25. The number of carboxylic acid groups (broad SMARTS) is 1. The molecule has 6 nitrogen and oxygen atoms in total. The lowest BCUT2D eigenvalue weighted by atomic mass is 10.0. The molecule has 1 aromatic rings. The summed E-state index contributed by atoms with van der Waals surface area (Å²) >= 11 is 5.98. The third-order valence-corrected chi connectivity index (χ3v) is 4.10. The van der Waals surface area contributed by atoms with Crippen LogP contribution in [0.15, 0.2) is 18.2 Å². The molecule has 2 unspecified atom stereocenters. The van der Waals surface area contributed by atoms with Crippen molar-refractivity contribution in [1.82, 2.24) is 4.90 Å². The van der Waals surface area contributed by atoms with E-state index in [1.54, 1.807) is 4.90 Å². The van der Waals surface area contributed by atoms with E-state index in [1.807, 2.05) is 6.92 Å². The number of likely N-dealkylation sites (tertiary alicyclic amines) is 1. The van der Waals surface area contributed by atoms with Gasteiger partial charge in [0, 0.05) is 6.54 Å². The minimum atomic E-state index is -1.08. The summed E-state index contributed by atoms with van der Waals surface area (Å²) in [5.74, 6) is -0.839. The molecule has 114 valence electrons. The van der Waals surface area contributed by atoms with E-state index in [1.165, 1.54) is 18.2 Å². The van der Waals surface area contributed by atoms with Crippen LogP contribution in [0, 0.1) is 5.92 Å². The highest BCUT2D eigenvalue weighted by Crippen LogP contribution is 2.27. The Kier molecular flexibility index (Phi) is 4.69. The van der Waals surface area contributed by atoms with E-state index in [4.69, 9.17) is 16.7 Å². The summed E-state index contributed by atoms with van der Waals surface area (Å²) in [6.45, 7) is 2.48. The third-order valence-electron chi connectivity index (χ3n) is 3.79. The Morgan fingerprint density at radius 2 is 2.19 bits per heavy atom. The minimum absolute atomic E-state index is 0.0565. The van der Waals surface area contributed by atoms with E-state index >= 15 is 0 Å². The van der Waals surface area contributed by atoms with E-state index in [0.29, 0.717) is 12.2 Å². The number of aliphatic hydroxyl groups excluding tert-OH is 1. The number of carbonyl (C=O) groups is 2. The number of anilines is 1. The molecule has 1 aliphatic rings. The summed E-state index contributed by atoms with van der Waals surface area (Å²) in [6.07, 6.45) is 0.838. The molecule has 2 atom stereocenters.